The van der Waals surface area contributed by atoms with Crippen LogP contribution in [0.4, 0.5) is 4.39 Å². The predicted molar refractivity (Wildman–Crippen MR) is 103 cm³/mol. The normalized spacial score (nSPS) is 10.7. The van der Waals surface area contributed by atoms with Crippen molar-refractivity contribution in [3.63, 3.8) is 0 Å². The van der Waals surface area contributed by atoms with Gasteiger partial charge >= 0.3 is 5.97 Å². The molecule has 6 nitrogen and oxygen atoms in total. The highest BCUT2D eigenvalue weighted by atomic mass is 32.2. The smallest absolute Gasteiger partial charge is 0.357 e. The molecular formula is C18H17FN4O2S2. The maximum Gasteiger partial charge on any atom is 0.357 e. The van der Waals surface area contributed by atoms with E-state index in [2.05, 4.69) is 21.8 Å². The first-order chi connectivity index (χ1) is 13.1. The van der Waals surface area contributed by atoms with Gasteiger partial charge in [0.25, 0.3) is 0 Å². The average molecular weight is 404 g/mol. The molecular weight excluding hydrogens is 387 g/mol. The van der Waals surface area contributed by atoms with E-state index in [-0.39, 0.29) is 5.82 Å². The summed E-state index contributed by atoms with van der Waals surface area (Å²) in [6.45, 7) is 6.26. The maximum absolute atomic E-state index is 14.1. The van der Waals surface area contributed by atoms with Crippen LogP contribution in [0.3, 0.4) is 0 Å². The number of carbonyl (C=O) groups is 1. The van der Waals surface area contributed by atoms with Gasteiger partial charge in [0.15, 0.2) is 16.7 Å². The minimum atomic E-state index is -0.429. The molecule has 0 aliphatic rings. The summed E-state index contributed by atoms with van der Waals surface area (Å²) in [5, 5.41) is 11.4. The molecule has 0 spiro atoms. The monoisotopic (exact) mass is 404 g/mol. The number of halogens is 1. The van der Waals surface area contributed by atoms with Crippen molar-refractivity contribution in [3.8, 4) is 11.4 Å². The molecule has 0 unspecified atom stereocenters. The van der Waals surface area contributed by atoms with E-state index < -0.39 is 5.97 Å². The molecule has 0 atom stereocenters. The number of carbonyl (C=O) groups excluding carboxylic acids is 1. The maximum atomic E-state index is 14.1. The van der Waals surface area contributed by atoms with E-state index in [0.717, 1.165) is 5.01 Å². The van der Waals surface area contributed by atoms with Gasteiger partial charge in [0.2, 0.25) is 0 Å². The number of rotatable bonds is 8. The van der Waals surface area contributed by atoms with Gasteiger partial charge in [-0.15, -0.1) is 28.1 Å². The van der Waals surface area contributed by atoms with Crippen molar-refractivity contribution < 1.29 is 13.9 Å². The number of aromatic nitrogens is 4. The van der Waals surface area contributed by atoms with Crippen LogP contribution in [-0.2, 0) is 17.0 Å². The van der Waals surface area contributed by atoms with Crippen LogP contribution in [0.5, 0.6) is 0 Å². The third-order valence-electron chi connectivity index (χ3n) is 3.50. The number of hydrogen-bond acceptors (Lipinski definition) is 7. The SMILES string of the molecule is C=CCn1c(SCc2nc(C(=O)OCC)cs2)nnc1-c1ccccc1F. The molecule has 0 N–H and O–H groups in total. The second-order valence-corrected chi connectivity index (χ2v) is 7.21. The van der Waals surface area contributed by atoms with E-state index in [1.54, 1.807) is 41.1 Å². The molecule has 0 saturated heterocycles. The number of thiazole rings is 1. The number of thioether (sulfide) groups is 1. The molecule has 0 saturated carbocycles. The third-order valence-corrected chi connectivity index (χ3v) is 5.51. The lowest BCUT2D eigenvalue weighted by atomic mass is 10.2. The quantitative estimate of drug-likeness (QED) is 0.318. The number of ether oxygens (including phenoxy) is 1. The third kappa shape index (κ3) is 4.42. The van der Waals surface area contributed by atoms with Gasteiger partial charge < -0.3 is 4.74 Å². The number of benzene rings is 1. The van der Waals surface area contributed by atoms with Crippen LogP contribution in [0.1, 0.15) is 22.4 Å². The van der Waals surface area contributed by atoms with Crippen molar-refractivity contribution in [2.45, 2.75) is 24.4 Å². The van der Waals surface area contributed by atoms with Gasteiger partial charge in [0.05, 0.1) is 17.9 Å². The molecule has 140 valence electrons. The van der Waals surface area contributed by atoms with Crippen molar-refractivity contribution in [3.05, 3.63) is 58.8 Å². The highest BCUT2D eigenvalue weighted by Crippen LogP contribution is 2.28. The van der Waals surface area contributed by atoms with Crippen LogP contribution in [0, 0.1) is 5.82 Å². The van der Waals surface area contributed by atoms with E-state index >= 15 is 0 Å². The summed E-state index contributed by atoms with van der Waals surface area (Å²) in [6, 6.07) is 6.44. The molecule has 3 rings (SSSR count). The Kier molecular flexibility index (Phi) is 6.36. The molecule has 0 radical (unpaired) electrons. The van der Waals surface area contributed by atoms with Gasteiger partial charge in [-0.05, 0) is 19.1 Å². The standard InChI is InChI=1S/C18H17FN4O2S2/c1-3-9-23-16(12-7-5-6-8-13(12)19)21-22-18(23)27-11-15-20-14(10-26-15)17(24)25-4-2/h3,5-8,10H,1,4,9,11H2,2H3. The second-order valence-electron chi connectivity index (χ2n) is 5.32. The Hall–Kier alpha value is -2.52. The summed E-state index contributed by atoms with van der Waals surface area (Å²) in [7, 11) is 0. The fourth-order valence-electron chi connectivity index (χ4n) is 2.33. The first kappa shape index (κ1) is 19.2. The molecule has 1 aromatic carbocycles. The molecule has 3 aromatic rings. The lowest BCUT2D eigenvalue weighted by Gasteiger charge is -2.07. The molecule has 27 heavy (non-hydrogen) atoms. The summed E-state index contributed by atoms with van der Waals surface area (Å²) in [5.41, 5.74) is 0.689. The van der Waals surface area contributed by atoms with Crippen molar-refractivity contribution in [1.29, 1.82) is 0 Å². The fraction of sp³-hybridized carbons (Fsp3) is 0.222. The van der Waals surface area contributed by atoms with E-state index in [4.69, 9.17) is 4.74 Å². The van der Waals surface area contributed by atoms with Gasteiger partial charge in [-0.2, -0.15) is 0 Å². The van der Waals surface area contributed by atoms with Crippen molar-refractivity contribution >= 4 is 29.1 Å². The lowest BCUT2D eigenvalue weighted by Crippen LogP contribution is -2.05. The Balaban J connectivity index is 1.79. The molecule has 0 fully saturated rings. The average Bonchev–Trinajstić information content (AvgIpc) is 3.28. The van der Waals surface area contributed by atoms with Crippen LogP contribution < -0.4 is 0 Å². The van der Waals surface area contributed by atoms with Gasteiger partial charge in [-0.3, -0.25) is 4.57 Å². The highest BCUT2D eigenvalue weighted by Gasteiger charge is 2.17. The second kappa shape index (κ2) is 8.92. The van der Waals surface area contributed by atoms with Crippen molar-refractivity contribution in [1.82, 2.24) is 19.7 Å². The first-order valence-corrected chi connectivity index (χ1v) is 10.0. The molecule has 2 aromatic heterocycles. The zero-order valence-corrected chi connectivity index (χ0v) is 16.2. The predicted octanol–water partition coefficient (Wildman–Crippen LogP) is 4.20. The largest absolute Gasteiger partial charge is 0.461 e. The summed E-state index contributed by atoms with van der Waals surface area (Å²) in [5.74, 6) is 0.172. The van der Waals surface area contributed by atoms with Crippen LogP contribution in [0.25, 0.3) is 11.4 Å². The molecule has 0 bridgehead atoms. The topological polar surface area (TPSA) is 69.9 Å². The van der Waals surface area contributed by atoms with E-state index in [0.29, 0.717) is 41.1 Å². The van der Waals surface area contributed by atoms with Crippen LogP contribution in [0.15, 0.2) is 47.5 Å². The molecule has 0 aliphatic carbocycles. The van der Waals surface area contributed by atoms with Crippen LogP contribution >= 0.6 is 23.1 Å². The molecule has 2 heterocycles. The summed E-state index contributed by atoms with van der Waals surface area (Å²) in [4.78, 5) is 16.0. The van der Waals surface area contributed by atoms with Gasteiger partial charge in [0.1, 0.15) is 10.8 Å². The Morgan fingerprint density at radius 3 is 2.96 bits per heavy atom. The Labute approximate surface area is 164 Å². The molecule has 0 amide bonds. The van der Waals surface area contributed by atoms with Crippen LogP contribution in [0.2, 0.25) is 0 Å². The molecule has 0 aliphatic heterocycles. The number of hydrogen-bond donors (Lipinski definition) is 0. The van der Waals surface area contributed by atoms with Gasteiger partial charge in [-0.25, -0.2) is 14.2 Å². The Morgan fingerprint density at radius 1 is 1.41 bits per heavy atom. The van der Waals surface area contributed by atoms with Crippen LogP contribution in [-0.4, -0.2) is 32.3 Å². The molecule has 9 heteroatoms. The van der Waals surface area contributed by atoms with Crippen molar-refractivity contribution in [2.24, 2.45) is 0 Å². The van der Waals surface area contributed by atoms with Gasteiger partial charge in [-0.1, -0.05) is 30.0 Å². The Morgan fingerprint density at radius 2 is 2.22 bits per heavy atom. The minimum Gasteiger partial charge on any atom is -0.461 e. The first-order valence-electron chi connectivity index (χ1n) is 8.17. The zero-order chi connectivity index (χ0) is 19.2. The summed E-state index contributed by atoms with van der Waals surface area (Å²) in [6.07, 6.45) is 1.71. The Bertz CT molecular complexity index is 954. The lowest BCUT2D eigenvalue weighted by molar-refractivity contribution is 0.0520. The number of allylic oxidation sites excluding steroid dienone is 1. The van der Waals surface area contributed by atoms with E-state index in [9.17, 15) is 9.18 Å². The zero-order valence-electron chi connectivity index (χ0n) is 14.6. The van der Waals surface area contributed by atoms with Gasteiger partial charge in [0, 0.05) is 11.9 Å². The summed E-state index contributed by atoms with van der Waals surface area (Å²) < 4.78 is 20.9. The summed E-state index contributed by atoms with van der Waals surface area (Å²) >= 11 is 2.79. The highest BCUT2D eigenvalue weighted by molar-refractivity contribution is 7.98. The van der Waals surface area contributed by atoms with E-state index in [1.807, 2.05) is 0 Å². The number of esters is 1. The number of nitrogens with zero attached hydrogens (tertiary/aromatic N) is 4. The fourth-order valence-corrected chi connectivity index (χ4v) is 4.06. The van der Waals surface area contributed by atoms with E-state index in [1.165, 1.54) is 29.2 Å². The van der Waals surface area contributed by atoms with Crippen molar-refractivity contribution in [2.75, 3.05) is 6.61 Å². The minimum absolute atomic E-state index is 0.303.